The van der Waals surface area contributed by atoms with Gasteiger partial charge in [0.15, 0.2) is 17.3 Å². The largest absolute Gasteiger partial charge is 0.390 e. The average molecular weight is 406 g/mol. The zero-order valence-corrected chi connectivity index (χ0v) is 17.3. The van der Waals surface area contributed by atoms with Crippen molar-refractivity contribution in [1.29, 1.82) is 0 Å². The van der Waals surface area contributed by atoms with E-state index in [9.17, 15) is 9.90 Å². The molecule has 0 spiro atoms. The summed E-state index contributed by atoms with van der Waals surface area (Å²) in [7, 11) is 3.57. The molecule has 6 rings (SSSR count). The molecule has 4 aliphatic carbocycles. The molecule has 1 aliphatic heterocycles. The number of likely N-dealkylation sites (N-methyl/N-ethyl adjacent to an activating group) is 1. The lowest BCUT2D eigenvalue weighted by atomic mass is 9.52. The summed E-state index contributed by atoms with van der Waals surface area (Å²) in [6, 6.07) is 0.208. The van der Waals surface area contributed by atoms with Gasteiger partial charge in [0.05, 0.1) is 5.60 Å². The van der Waals surface area contributed by atoms with Gasteiger partial charge in [-0.15, -0.1) is 0 Å². The van der Waals surface area contributed by atoms with Gasteiger partial charge in [0, 0.05) is 32.7 Å². The normalized spacial score (nSPS) is 38.3. The van der Waals surface area contributed by atoms with Gasteiger partial charge >= 0.3 is 0 Å². The lowest BCUT2D eigenvalue weighted by Crippen LogP contribution is -2.61. The van der Waals surface area contributed by atoms with E-state index in [0.29, 0.717) is 11.7 Å². The summed E-state index contributed by atoms with van der Waals surface area (Å²) in [5.41, 5.74) is -0.664. The molecule has 1 aromatic heterocycles. The minimum atomic E-state index is -0.544. The van der Waals surface area contributed by atoms with Crippen molar-refractivity contribution in [2.75, 3.05) is 25.0 Å². The molecular formula is C21H32FN5O2. The lowest BCUT2D eigenvalue weighted by molar-refractivity contribution is -0.137. The second-order valence-electron chi connectivity index (χ2n) is 9.91. The van der Waals surface area contributed by atoms with Gasteiger partial charge < -0.3 is 20.6 Å². The Balaban J connectivity index is 1.33. The van der Waals surface area contributed by atoms with Gasteiger partial charge in [-0.25, -0.2) is 9.07 Å². The van der Waals surface area contributed by atoms with Crippen molar-refractivity contribution in [2.24, 2.45) is 24.8 Å². The van der Waals surface area contributed by atoms with Crippen LogP contribution < -0.4 is 15.5 Å². The highest BCUT2D eigenvalue weighted by atomic mass is 19.1. The number of carbonyl (C=O) groups excluding carboxylic acids is 1. The number of carbonyl (C=O) groups is 1. The Labute approximate surface area is 171 Å². The number of anilines is 1. The monoisotopic (exact) mass is 405 g/mol. The summed E-state index contributed by atoms with van der Waals surface area (Å²) in [5.74, 6) is 0.546. The van der Waals surface area contributed by atoms with Crippen molar-refractivity contribution in [3.8, 4) is 0 Å². The Morgan fingerprint density at radius 3 is 2.69 bits per heavy atom. The molecule has 8 heteroatoms. The van der Waals surface area contributed by atoms with E-state index in [1.807, 2.05) is 11.9 Å². The molecule has 5 aliphatic rings. The molecule has 4 bridgehead atoms. The summed E-state index contributed by atoms with van der Waals surface area (Å²) < 4.78 is 16.8. The molecule has 7 nitrogen and oxygen atoms in total. The van der Waals surface area contributed by atoms with Gasteiger partial charge in [-0.3, -0.25) is 4.79 Å². The fourth-order valence-electron chi connectivity index (χ4n) is 6.79. The number of nitrogens with one attached hydrogen (secondary N) is 2. The number of aromatic nitrogens is 2. The van der Waals surface area contributed by atoms with Crippen molar-refractivity contribution in [2.45, 2.75) is 62.6 Å². The summed E-state index contributed by atoms with van der Waals surface area (Å²) in [6.07, 6.45) is 6.55. The summed E-state index contributed by atoms with van der Waals surface area (Å²) in [5, 5.41) is 21.4. The van der Waals surface area contributed by atoms with Gasteiger partial charge in [-0.1, -0.05) is 0 Å². The number of nitrogens with zero attached hydrogens (tertiary/aromatic N) is 3. The van der Waals surface area contributed by atoms with Crippen molar-refractivity contribution in [3.05, 3.63) is 11.5 Å². The van der Waals surface area contributed by atoms with Crippen LogP contribution >= 0.6 is 0 Å². The van der Waals surface area contributed by atoms with E-state index in [4.69, 9.17) is 0 Å². The standard InChI is InChI=1S/C21H32FN5O2/c1-26(15-4-3-5-23-11-15)20-16(22)18(25-27(20)2)19(28)24-17-13-6-12-7-14(17)10-21(29,8-12)9-13/h12-15,17,23,29H,3-11H2,1-2H3,(H,24,28)/t12?,13?,14?,15-,17-,21-/m1/s1. The van der Waals surface area contributed by atoms with Crippen molar-refractivity contribution in [1.82, 2.24) is 20.4 Å². The van der Waals surface area contributed by atoms with Crippen LogP contribution in [0.4, 0.5) is 10.2 Å². The smallest absolute Gasteiger partial charge is 0.275 e. The molecule has 4 saturated carbocycles. The Hall–Kier alpha value is -1.67. The van der Waals surface area contributed by atoms with E-state index in [1.165, 1.54) is 4.68 Å². The number of hydrogen-bond acceptors (Lipinski definition) is 5. The van der Waals surface area contributed by atoms with Crippen LogP contribution in [-0.2, 0) is 7.05 Å². The van der Waals surface area contributed by atoms with Gasteiger partial charge in [-0.2, -0.15) is 5.10 Å². The molecule has 3 atom stereocenters. The summed E-state index contributed by atoms with van der Waals surface area (Å²) in [6.45, 7) is 1.80. The maximum atomic E-state index is 15.3. The number of amides is 1. The number of aryl methyl sites for hydroxylation is 1. The molecule has 160 valence electrons. The van der Waals surface area contributed by atoms with Gasteiger partial charge in [-0.05, 0) is 69.2 Å². The van der Waals surface area contributed by atoms with Crippen LogP contribution in [0, 0.1) is 23.6 Å². The molecule has 3 N–H and O–H groups in total. The minimum Gasteiger partial charge on any atom is -0.390 e. The number of piperidine rings is 1. The molecule has 1 amide bonds. The SMILES string of the molecule is CN(c1c(F)c(C(=O)N[C@H]2C3CC4CC2C[C@](O)(C4)C3)nn1C)[C@@H]1CCCNC1. The first-order valence-electron chi connectivity index (χ1n) is 11.0. The number of hydrogen-bond donors (Lipinski definition) is 3. The maximum Gasteiger partial charge on any atom is 0.275 e. The van der Waals surface area contributed by atoms with Crippen LogP contribution in [0.25, 0.3) is 0 Å². The van der Waals surface area contributed by atoms with Crippen LogP contribution in [0.2, 0.25) is 0 Å². The number of halogens is 1. The first-order chi connectivity index (χ1) is 13.8. The maximum absolute atomic E-state index is 15.3. The van der Waals surface area contributed by atoms with Gasteiger partial charge in [0.25, 0.3) is 5.91 Å². The van der Waals surface area contributed by atoms with Crippen molar-refractivity contribution < 1.29 is 14.3 Å². The second kappa shape index (κ2) is 6.94. The predicted octanol–water partition coefficient (Wildman–Crippen LogP) is 1.42. The average Bonchev–Trinajstić information content (AvgIpc) is 2.97. The molecule has 0 radical (unpaired) electrons. The molecule has 2 heterocycles. The van der Waals surface area contributed by atoms with E-state index >= 15 is 4.39 Å². The fourth-order valence-corrected chi connectivity index (χ4v) is 6.79. The quantitative estimate of drug-likeness (QED) is 0.706. The number of rotatable bonds is 4. The zero-order valence-electron chi connectivity index (χ0n) is 17.3. The van der Waals surface area contributed by atoms with E-state index in [-0.39, 0.29) is 29.6 Å². The highest BCUT2D eigenvalue weighted by Gasteiger charge is 2.55. The van der Waals surface area contributed by atoms with Crippen molar-refractivity contribution in [3.63, 3.8) is 0 Å². The van der Waals surface area contributed by atoms with Crippen molar-refractivity contribution >= 4 is 11.7 Å². The Kier molecular flexibility index (Phi) is 4.62. The minimum absolute atomic E-state index is 0.0180. The lowest BCUT2D eigenvalue weighted by Gasteiger charge is -2.58. The third-order valence-corrected chi connectivity index (χ3v) is 7.87. The van der Waals surface area contributed by atoms with E-state index in [2.05, 4.69) is 15.7 Å². The third kappa shape index (κ3) is 3.24. The topological polar surface area (TPSA) is 82.4 Å². The van der Waals surface area contributed by atoms with Gasteiger partial charge in [0.1, 0.15) is 0 Å². The molecule has 1 aromatic rings. The van der Waals surface area contributed by atoms with Crippen LogP contribution in [0.5, 0.6) is 0 Å². The highest BCUT2D eigenvalue weighted by molar-refractivity contribution is 5.93. The number of aliphatic hydroxyl groups is 1. The summed E-state index contributed by atoms with van der Waals surface area (Å²) >= 11 is 0. The zero-order chi connectivity index (χ0) is 20.3. The Morgan fingerprint density at radius 2 is 2.07 bits per heavy atom. The second-order valence-corrected chi connectivity index (χ2v) is 9.91. The van der Waals surface area contributed by atoms with Crippen LogP contribution in [0.1, 0.15) is 55.4 Å². The van der Waals surface area contributed by atoms with Gasteiger partial charge in [0.2, 0.25) is 0 Å². The molecule has 5 fully saturated rings. The molecule has 29 heavy (non-hydrogen) atoms. The fraction of sp³-hybridized carbons (Fsp3) is 0.810. The Morgan fingerprint density at radius 1 is 1.34 bits per heavy atom. The molecule has 0 aromatic carbocycles. The summed E-state index contributed by atoms with van der Waals surface area (Å²) in [4.78, 5) is 14.9. The third-order valence-electron chi connectivity index (χ3n) is 7.87. The van der Waals surface area contributed by atoms with E-state index in [1.54, 1.807) is 7.05 Å². The first kappa shape index (κ1) is 19.3. The van der Waals surface area contributed by atoms with Crippen LogP contribution in [-0.4, -0.2) is 58.6 Å². The Bertz CT molecular complexity index is 789. The van der Waals surface area contributed by atoms with E-state index in [0.717, 1.165) is 58.0 Å². The molecular weight excluding hydrogens is 373 g/mol. The predicted molar refractivity (Wildman–Crippen MR) is 107 cm³/mol. The first-order valence-corrected chi connectivity index (χ1v) is 11.0. The van der Waals surface area contributed by atoms with E-state index < -0.39 is 17.3 Å². The highest BCUT2D eigenvalue weighted by Crippen LogP contribution is 2.55. The van der Waals surface area contributed by atoms with Crippen LogP contribution in [0.15, 0.2) is 0 Å². The van der Waals surface area contributed by atoms with Crippen LogP contribution in [0.3, 0.4) is 0 Å². The molecule has 1 saturated heterocycles. The molecule has 2 unspecified atom stereocenters.